The zero-order valence-electron chi connectivity index (χ0n) is 17.9. The van der Waals surface area contributed by atoms with Crippen molar-refractivity contribution >= 4 is 34.2 Å². The van der Waals surface area contributed by atoms with Crippen molar-refractivity contribution in [3.05, 3.63) is 89.2 Å². The molecule has 1 atom stereocenters. The summed E-state index contributed by atoms with van der Waals surface area (Å²) in [6.07, 6.45) is 0.435. The summed E-state index contributed by atoms with van der Waals surface area (Å²) in [6.45, 7) is 3.83. The number of ether oxygens (including phenoxy) is 1. The molecule has 0 N–H and O–H groups in total. The van der Waals surface area contributed by atoms with Crippen molar-refractivity contribution in [1.82, 2.24) is 9.55 Å². The van der Waals surface area contributed by atoms with Gasteiger partial charge in [-0.2, -0.15) is 0 Å². The number of fused-ring (bicyclic) bond motifs is 1. The van der Waals surface area contributed by atoms with Crippen LogP contribution >= 0.6 is 11.6 Å². The van der Waals surface area contributed by atoms with Crippen molar-refractivity contribution < 1.29 is 9.53 Å². The molecule has 0 unspecified atom stereocenters. The third kappa shape index (κ3) is 3.96. The Hall–Kier alpha value is -3.31. The molecule has 1 fully saturated rings. The van der Waals surface area contributed by atoms with Gasteiger partial charge in [0.05, 0.1) is 17.6 Å². The second-order valence-electron chi connectivity index (χ2n) is 8.11. The molecule has 0 aliphatic carbocycles. The second kappa shape index (κ2) is 8.67. The highest BCUT2D eigenvalue weighted by Gasteiger charge is 2.34. The monoisotopic (exact) mass is 445 g/mol. The van der Waals surface area contributed by atoms with E-state index in [1.807, 2.05) is 78.6 Å². The lowest BCUT2D eigenvalue weighted by molar-refractivity contribution is -0.117. The minimum Gasteiger partial charge on any atom is -0.491 e. The number of hydrogen-bond acceptors (Lipinski definition) is 3. The normalized spacial score (nSPS) is 16.1. The molecule has 1 aliphatic rings. The molecule has 1 saturated heterocycles. The zero-order chi connectivity index (χ0) is 22.1. The second-order valence-corrected chi connectivity index (χ2v) is 8.54. The molecule has 0 saturated carbocycles. The van der Waals surface area contributed by atoms with Crippen LogP contribution in [0.2, 0.25) is 5.02 Å². The molecule has 32 heavy (non-hydrogen) atoms. The smallest absolute Gasteiger partial charge is 0.227 e. The quantitative estimate of drug-likeness (QED) is 0.388. The van der Waals surface area contributed by atoms with Crippen LogP contribution in [0.4, 0.5) is 5.69 Å². The van der Waals surface area contributed by atoms with Crippen LogP contribution in [0.25, 0.3) is 11.0 Å². The fourth-order valence-electron chi connectivity index (χ4n) is 4.36. The van der Waals surface area contributed by atoms with Crippen LogP contribution in [0.3, 0.4) is 0 Å². The Morgan fingerprint density at radius 1 is 1.03 bits per heavy atom. The van der Waals surface area contributed by atoms with Crippen molar-refractivity contribution in [2.45, 2.75) is 25.8 Å². The summed E-state index contributed by atoms with van der Waals surface area (Å²) in [5, 5.41) is 0.660. The average molecular weight is 446 g/mol. The van der Waals surface area contributed by atoms with Gasteiger partial charge in [0, 0.05) is 29.6 Å². The van der Waals surface area contributed by atoms with Crippen molar-refractivity contribution in [3.63, 3.8) is 0 Å². The number of nitrogens with zero attached hydrogens (tertiary/aromatic N) is 3. The summed E-state index contributed by atoms with van der Waals surface area (Å²) >= 11 is 6.02. The number of rotatable bonds is 6. The number of anilines is 1. The van der Waals surface area contributed by atoms with E-state index < -0.39 is 0 Å². The molecule has 1 amide bonds. The molecule has 2 heterocycles. The number of amides is 1. The van der Waals surface area contributed by atoms with Crippen LogP contribution in [-0.2, 0) is 11.3 Å². The molecule has 3 aromatic carbocycles. The molecular formula is C26H24ClN3O2. The van der Waals surface area contributed by atoms with Crippen molar-refractivity contribution in [3.8, 4) is 5.75 Å². The molecule has 5 rings (SSSR count). The van der Waals surface area contributed by atoms with Gasteiger partial charge in [-0.25, -0.2) is 4.98 Å². The first-order valence-electron chi connectivity index (χ1n) is 10.8. The fraction of sp³-hybridized carbons (Fsp3) is 0.231. The molecule has 0 bridgehead atoms. The summed E-state index contributed by atoms with van der Waals surface area (Å²) in [4.78, 5) is 19.6. The first-order chi connectivity index (χ1) is 15.6. The Balaban J connectivity index is 1.41. The number of imidazole rings is 1. The number of hydrogen-bond donors (Lipinski definition) is 0. The molecule has 4 aromatic rings. The lowest BCUT2D eigenvalue weighted by Gasteiger charge is -2.18. The lowest BCUT2D eigenvalue weighted by Crippen LogP contribution is -2.24. The maximum absolute atomic E-state index is 12.8. The van der Waals surface area contributed by atoms with Crippen molar-refractivity contribution in [2.75, 3.05) is 18.1 Å². The Morgan fingerprint density at radius 2 is 1.78 bits per heavy atom. The lowest BCUT2D eigenvalue weighted by atomic mass is 10.1. The third-order valence-corrected chi connectivity index (χ3v) is 6.23. The molecule has 5 nitrogen and oxygen atoms in total. The molecular weight excluding hydrogens is 422 g/mol. The van der Waals surface area contributed by atoms with E-state index in [1.165, 1.54) is 0 Å². The van der Waals surface area contributed by atoms with Crippen LogP contribution < -0.4 is 9.64 Å². The van der Waals surface area contributed by atoms with E-state index in [0.29, 0.717) is 31.1 Å². The summed E-state index contributed by atoms with van der Waals surface area (Å²) in [5.74, 6) is 1.95. The van der Waals surface area contributed by atoms with Crippen LogP contribution in [-0.4, -0.2) is 28.6 Å². The molecule has 1 aromatic heterocycles. The van der Waals surface area contributed by atoms with E-state index in [-0.39, 0.29) is 11.8 Å². The van der Waals surface area contributed by atoms with E-state index in [4.69, 9.17) is 21.3 Å². The molecule has 0 radical (unpaired) electrons. The average Bonchev–Trinajstić information content (AvgIpc) is 3.36. The number of aryl methyl sites for hydroxylation is 1. The van der Waals surface area contributed by atoms with Gasteiger partial charge in [-0.1, -0.05) is 41.9 Å². The maximum atomic E-state index is 12.8. The van der Waals surface area contributed by atoms with Gasteiger partial charge in [0.25, 0.3) is 0 Å². The van der Waals surface area contributed by atoms with Crippen LogP contribution in [0, 0.1) is 6.92 Å². The predicted molar refractivity (Wildman–Crippen MR) is 128 cm³/mol. The van der Waals surface area contributed by atoms with Gasteiger partial charge < -0.3 is 14.2 Å². The summed E-state index contributed by atoms with van der Waals surface area (Å²) in [7, 11) is 0. The minimum absolute atomic E-state index is 0.0176. The van der Waals surface area contributed by atoms with Crippen LogP contribution in [0.5, 0.6) is 5.75 Å². The van der Waals surface area contributed by atoms with Crippen LogP contribution in [0.1, 0.15) is 23.7 Å². The topological polar surface area (TPSA) is 47.4 Å². The fourth-order valence-corrected chi connectivity index (χ4v) is 4.48. The van der Waals surface area contributed by atoms with Gasteiger partial charge in [-0.3, -0.25) is 4.79 Å². The Kier molecular flexibility index (Phi) is 5.58. The zero-order valence-corrected chi connectivity index (χ0v) is 18.6. The predicted octanol–water partition coefficient (Wildman–Crippen LogP) is 5.60. The first kappa shape index (κ1) is 20.6. The number of halogens is 1. The van der Waals surface area contributed by atoms with E-state index in [1.54, 1.807) is 0 Å². The van der Waals surface area contributed by atoms with E-state index in [0.717, 1.165) is 33.9 Å². The third-order valence-electron chi connectivity index (χ3n) is 5.98. The SMILES string of the molecule is Cc1ccccc1OCCn1c([C@@H]2CC(=O)N(c3ccc(Cl)cc3)C2)nc2ccccc21. The molecule has 0 spiro atoms. The standard InChI is InChI=1S/C26H24ClN3O2/c1-18-6-2-5-9-24(18)32-15-14-29-23-8-4-3-7-22(23)28-26(29)19-16-25(31)30(17-19)21-12-10-20(27)11-13-21/h2-13,19H,14-17H2,1H3/t19-/m1/s1. The van der Waals surface area contributed by atoms with Crippen LogP contribution in [0.15, 0.2) is 72.8 Å². The highest BCUT2D eigenvalue weighted by atomic mass is 35.5. The number of aromatic nitrogens is 2. The maximum Gasteiger partial charge on any atom is 0.227 e. The number of carbonyl (C=O) groups is 1. The van der Waals surface area contributed by atoms with Gasteiger partial charge >= 0.3 is 0 Å². The summed E-state index contributed by atoms with van der Waals surface area (Å²) in [6, 6.07) is 23.5. The van der Waals surface area contributed by atoms with Crippen molar-refractivity contribution in [2.24, 2.45) is 0 Å². The van der Waals surface area contributed by atoms with Gasteiger partial charge in [0.2, 0.25) is 5.91 Å². The van der Waals surface area contributed by atoms with Gasteiger partial charge in [0.1, 0.15) is 18.2 Å². The summed E-state index contributed by atoms with van der Waals surface area (Å²) in [5.41, 5.74) is 3.99. The van der Waals surface area contributed by atoms with E-state index in [2.05, 4.69) is 10.6 Å². The summed E-state index contributed by atoms with van der Waals surface area (Å²) < 4.78 is 8.27. The number of benzene rings is 3. The van der Waals surface area contributed by atoms with Gasteiger partial charge in [0.15, 0.2) is 0 Å². The number of para-hydroxylation sites is 3. The Labute approximate surface area is 192 Å². The molecule has 6 heteroatoms. The van der Waals surface area contributed by atoms with E-state index >= 15 is 0 Å². The molecule has 162 valence electrons. The largest absolute Gasteiger partial charge is 0.491 e. The van der Waals surface area contributed by atoms with Gasteiger partial charge in [-0.05, 0) is 55.0 Å². The minimum atomic E-state index is 0.0176. The highest BCUT2D eigenvalue weighted by molar-refractivity contribution is 6.30. The number of carbonyl (C=O) groups excluding carboxylic acids is 1. The first-order valence-corrected chi connectivity index (χ1v) is 11.2. The Morgan fingerprint density at radius 3 is 2.59 bits per heavy atom. The highest BCUT2D eigenvalue weighted by Crippen LogP contribution is 2.33. The van der Waals surface area contributed by atoms with E-state index in [9.17, 15) is 4.79 Å². The Bertz CT molecular complexity index is 1270. The van der Waals surface area contributed by atoms with Crippen molar-refractivity contribution in [1.29, 1.82) is 0 Å². The van der Waals surface area contributed by atoms with Gasteiger partial charge in [-0.15, -0.1) is 0 Å². The molecule has 1 aliphatic heterocycles.